The number of carbonyl (C=O) groups excluding carboxylic acids is 5. The molecule has 13 heteroatoms. The molecule has 0 radical (unpaired) electrons. The van der Waals surface area contributed by atoms with Crippen molar-refractivity contribution in [1.82, 2.24) is 26.2 Å². The van der Waals surface area contributed by atoms with Crippen molar-refractivity contribution in [3.63, 3.8) is 0 Å². The van der Waals surface area contributed by atoms with Crippen LogP contribution < -0.4 is 21.3 Å². The van der Waals surface area contributed by atoms with Crippen LogP contribution in [0.4, 0.5) is 4.79 Å². The van der Waals surface area contributed by atoms with E-state index >= 15 is 0 Å². The zero-order valence-corrected chi connectivity index (χ0v) is 29.9. The Labute approximate surface area is 285 Å². The number of likely N-dealkylation sites (tertiary alicyclic amines) is 1. The van der Waals surface area contributed by atoms with Gasteiger partial charge >= 0.3 is 6.03 Å². The number of Topliss-reactive ketones (excluding diaryl/α,β-unsaturated/α-hetero) is 1. The summed E-state index contributed by atoms with van der Waals surface area (Å²) < 4.78 is 24.6. The first-order chi connectivity index (χ1) is 22.2. The second kappa shape index (κ2) is 13.0. The van der Waals surface area contributed by atoms with Gasteiger partial charge in [0.15, 0.2) is 0 Å². The fourth-order valence-corrected chi connectivity index (χ4v) is 10.1. The number of piperidine rings is 2. The van der Waals surface area contributed by atoms with Crippen molar-refractivity contribution in [2.24, 2.45) is 22.2 Å². The Morgan fingerprint density at radius 1 is 0.979 bits per heavy atom. The molecule has 48 heavy (non-hydrogen) atoms. The molecule has 4 fully saturated rings. The van der Waals surface area contributed by atoms with Crippen molar-refractivity contribution in [1.29, 1.82) is 0 Å². The number of nitrogens with zero attached hydrogens (tertiary/aromatic N) is 1. The normalized spacial score (nSPS) is 27.4. The predicted octanol–water partition coefficient (Wildman–Crippen LogP) is 1.68. The molecule has 5 atom stereocenters. The molecule has 1 aliphatic heterocycles. The van der Waals surface area contributed by atoms with Gasteiger partial charge in [-0.1, -0.05) is 53.9 Å². The summed E-state index contributed by atoms with van der Waals surface area (Å²) in [6.45, 7) is 9.96. The van der Waals surface area contributed by atoms with Crippen molar-refractivity contribution in [3.05, 3.63) is 0 Å². The molecule has 3 aliphatic carbocycles. The standard InChI is InChI=1S/C35H51N5O7S/c1-9-11-16-23(25(41)27(42)36-19-12-10-2)37-29(44)35-21-34(35)24(32(34,6)7)20-40(35)28(43)26(31(3,4)5)38-30(45)39-33(22-48(8,46)47)17-14-13-15-18-33/h1-2,23-24,26H,11-22H2,3-8H3,(H,36,42)(H,37,44)(H2,38,39,45)/t23?,24-,26+,34?,35-/m0/s1. The first kappa shape index (κ1) is 37.2. The number of amides is 5. The van der Waals surface area contributed by atoms with Crippen molar-refractivity contribution in [2.75, 3.05) is 25.1 Å². The topological polar surface area (TPSA) is 171 Å². The highest BCUT2D eigenvalue weighted by Crippen LogP contribution is 2.91. The predicted molar refractivity (Wildman–Crippen MR) is 181 cm³/mol. The van der Waals surface area contributed by atoms with Gasteiger partial charge in [0.1, 0.15) is 21.4 Å². The number of carbonyl (C=O) groups is 5. The molecule has 3 saturated carbocycles. The van der Waals surface area contributed by atoms with Crippen LogP contribution in [0.1, 0.15) is 92.4 Å². The zero-order valence-electron chi connectivity index (χ0n) is 29.1. The molecular formula is C35H51N5O7S. The maximum Gasteiger partial charge on any atom is 0.315 e. The van der Waals surface area contributed by atoms with E-state index in [-0.39, 0.29) is 42.9 Å². The Morgan fingerprint density at radius 3 is 2.15 bits per heavy atom. The van der Waals surface area contributed by atoms with Gasteiger partial charge in [0.25, 0.3) is 5.91 Å². The molecule has 1 spiro atoms. The molecule has 1 saturated heterocycles. The third kappa shape index (κ3) is 6.67. The molecule has 264 valence electrons. The minimum atomic E-state index is -3.41. The molecule has 4 aliphatic rings. The maximum atomic E-state index is 14.5. The van der Waals surface area contributed by atoms with Crippen LogP contribution in [0.3, 0.4) is 0 Å². The van der Waals surface area contributed by atoms with Crippen LogP contribution >= 0.6 is 0 Å². The molecule has 1 heterocycles. The maximum absolute atomic E-state index is 14.5. The Bertz CT molecular complexity index is 1550. The van der Waals surface area contributed by atoms with Gasteiger partial charge in [0.05, 0.1) is 17.3 Å². The van der Waals surface area contributed by atoms with Crippen molar-refractivity contribution in [2.45, 2.75) is 116 Å². The summed E-state index contributed by atoms with van der Waals surface area (Å²) in [5.74, 6) is 1.98. The SMILES string of the molecule is C#CCCNC(=O)C(=O)C(CCC#C)NC(=O)[C@@]12CC13[C@@H](CN2C(=O)[C@@H](NC(=O)NC1(CS(C)(=O)=O)CCCCC1)C(C)(C)C)C3(C)C. The smallest absolute Gasteiger partial charge is 0.315 e. The van der Waals surface area contributed by atoms with E-state index in [1.165, 1.54) is 0 Å². The number of rotatable bonds is 13. The summed E-state index contributed by atoms with van der Waals surface area (Å²) in [4.78, 5) is 69.8. The average Bonchev–Trinajstić information content (AvgIpc) is 3.76. The van der Waals surface area contributed by atoms with Crippen LogP contribution in [0, 0.1) is 46.9 Å². The number of hydrogen-bond acceptors (Lipinski definition) is 7. The summed E-state index contributed by atoms with van der Waals surface area (Å²) in [5.41, 5.74) is -3.73. The Kier molecular flexibility index (Phi) is 10.1. The molecule has 12 nitrogen and oxygen atoms in total. The lowest BCUT2D eigenvalue weighted by Gasteiger charge is -2.41. The highest BCUT2D eigenvalue weighted by Gasteiger charge is 2.98. The van der Waals surface area contributed by atoms with Crippen LogP contribution in [0.15, 0.2) is 0 Å². The minimum Gasteiger partial charge on any atom is -0.348 e. The van der Waals surface area contributed by atoms with Crippen molar-refractivity contribution in [3.8, 4) is 24.7 Å². The van der Waals surface area contributed by atoms with Gasteiger partial charge in [-0.25, -0.2) is 13.2 Å². The minimum absolute atomic E-state index is 0.0290. The lowest BCUT2D eigenvalue weighted by Crippen LogP contribution is -2.64. The molecule has 0 aromatic carbocycles. The fraction of sp³-hybridized carbons (Fsp3) is 0.743. The number of terminal acetylenes is 2. The third-order valence-electron chi connectivity index (χ3n) is 11.2. The second-order valence-corrected chi connectivity index (χ2v) is 18.0. The summed E-state index contributed by atoms with van der Waals surface area (Å²) in [5, 5.41) is 11.0. The van der Waals surface area contributed by atoms with Gasteiger partial charge < -0.3 is 26.2 Å². The quantitative estimate of drug-likeness (QED) is 0.130. The number of nitrogens with one attached hydrogen (secondary N) is 4. The van der Waals surface area contributed by atoms with Gasteiger partial charge in [0.2, 0.25) is 17.6 Å². The molecular weight excluding hydrogens is 634 g/mol. The monoisotopic (exact) mass is 685 g/mol. The van der Waals surface area contributed by atoms with Gasteiger partial charge in [-0.2, -0.15) is 0 Å². The number of ketones is 1. The Morgan fingerprint density at radius 2 is 1.60 bits per heavy atom. The number of hydrogen-bond donors (Lipinski definition) is 4. The lowest BCUT2D eigenvalue weighted by molar-refractivity contribution is -0.147. The first-order valence-electron chi connectivity index (χ1n) is 16.8. The van der Waals surface area contributed by atoms with Crippen LogP contribution in [-0.2, 0) is 29.0 Å². The van der Waals surface area contributed by atoms with Crippen LogP contribution in [0.2, 0.25) is 0 Å². The summed E-state index contributed by atoms with van der Waals surface area (Å²) in [7, 11) is -3.41. The molecule has 5 amide bonds. The van der Waals surface area contributed by atoms with E-state index in [9.17, 15) is 32.4 Å². The van der Waals surface area contributed by atoms with Gasteiger partial charge in [-0.3, -0.25) is 19.2 Å². The number of sulfone groups is 1. The zero-order chi connectivity index (χ0) is 35.9. The van der Waals surface area contributed by atoms with Crippen LogP contribution in [0.25, 0.3) is 0 Å². The highest BCUT2D eigenvalue weighted by molar-refractivity contribution is 7.90. The van der Waals surface area contributed by atoms with Crippen molar-refractivity contribution >= 4 is 39.4 Å². The Balaban J connectivity index is 1.58. The molecule has 0 aromatic heterocycles. The van der Waals surface area contributed by atoms with Crippen LogP contribution in [-0.4, -0.2) is 91.1 Å². The molecule has 0 aromatic rings. The van der Waals surface area contributed by atoms with Gasteiger partial charge in [0, 0.05) is 37.6 Å². The van der Waals surface area contributed by atoms with E-state index in [2.05, 4.69) is 47.0 Å². The van der Waals surface area contributed by atoms with E-state index in [1.54, 1.807) is 4.90 Å². The van der Waals surface area contributed by atoms with E-state index in [4.69, 9.17) is 12.8 Å². The highest BCUT2D eigenvalue weighted by atomic mass is 32.2. The van der Waals surface area contributed by atoms with Crippen LogP contribution in [0.5, 0.6) is 0 Å². The summed E-state index contributed by atoms with van der Waals surface area (Å²) >= 11 is 0. The van der Waals surface area contributed by atoms with E-state index in [0.29, 0.717) is 25.8 Å². The van der Waals surface area contributed by atoms with Gasteiger partial charge in [-0.15, -0.1) is 24.7 Å². The van der Waals surface area contributed by atoms with E-state index in [1.807, 2.05) is 20.8 Å². The summed E-state index contributed by atoms with van der Waals surface area (Å²) in [6.07, 6.45) is 16.2. The average molecular weight is 686 g/mol. The molecule has 4 rings (SSSR count). The van der Waals surface area contributed by atoms with Gasteiger partial charge in [-0.05, 0) is 42.4 Å². The van der Waals surface area contributed by atoms with Crippen molar-refractivity contribution < 1.29 is 32.4 Å². The van der Waals surface area contributed by atoms with E-state index < -0.39 is 73.4 Å². The first-order valence-corrected chi connectivity index (χ1v) is 18.9. The number of urea groups is 1. The third-order valence-corrected chi connectivity index (χ3v) is 12.3. The van der Waals surface area contributed by atoms with E-state index in [0.717, 1.165) is 25.5 Å². The molecule has 2 unspecified atom stereocenters. The largest absolute Gasteiger partial charge is 0.348 e. The fourth-order valence-electron chi connectivity index (χ4n) is 8.76. The second-order valence-electron chi connectivity index (χ2n) is 15.9. The Hall–Kier alpha value is -3.58. The summed E-state index contributed by atoms with van der Waals surface area (Å²) in [6, 6.07) is -2.90. The molecule has 0 bridgehead atoms. The molecule has 4 N–H and O–H groups in total. The lowest BCUT2D eigenvalue weighted by atomic mass is 9.83.